The van der Waals surface area contributed by atoms with Crippen LogP contribution >= 0.6 is 0 Å². The van der Waals surface area contributed by atoms with E-state index in [-0.39, 0.29) is 33.9 Å². The standard InChI is InChI=1S/C6H8O4.C5H10N2.Pt/c7-4(8)6(5(9)10)2-1-3-6;6-4-5-2-1-3-7-5;/h1-3H2,(H,7,8)(H,9,10);5-6H,1-4H2;/q;-2;+4/p-2. The van der Waals surface area contributed by atoms with Gasteiger partial charge in [0.15, 0.2) is 0 Å². The number of nitrogens with zero attached hydrogens (tertiary/aromatic N) is 1. The van der Waals surface area contributed by atoms with Crippen molar-refractivity contribution in [3.8, 4) is 0 Å². The van der Waals surface area contributed by atoms with Crippen LogP contribution in [-0.4, -0.2) is 31.1 Å². The molecule has 104 valence electrons. The Bertz CT molecular complexity index is 273. The van der Waals surface area contributed by atoms with Crippen molar-refractivity contribution in [1.29, 1.82) is 0 Å². The molecule has 1 unspecified atom stereocenters. The molecule has 1 aliphatic heterocycles. The van der Waals surface area contributed by atoms with Gasteiger partial charge in [-0.2, -0.15) is 12.6 Å². The first kappa shape index (κ1) is 17.5. The van der Waals surface area contributed by atoms with E-state index < -0.39 is 17.4 Å². The Morgan fingerprint density at radius 1 is 1.22 bits per heavy atom. The summed E-state index contributed by atoms with van der Waals surface area (Å²) in [6.45, 7) is 1.50. The molecule has 1 N–H and O–H groups in total. The van der Waals surface area contributed by atoms with Crippen LogP contribution in [0.5, 0.6) is 0 Å². The van der Waals surface area contributed by atoms with Crippen molar-refractivity contribution < 1.29 is 40.9 Å². The quantitative estimate of drug-likeness (QED) is 0.541. The normalized spacial score (nSPS) is 23.9. The van der Waals surface area contributed by atoms with Gasteiger partial charge in [0, 0.05) is 5.41 Å². The first-order valence-electron chi connectivity index (χ1n) is 5.77. The van der Waals surface area contributed by atoms with Crippen LogP contribution in [0.3, 0.4) is 0 Å². The smallest absolute Gasteiger partial charge is 0.679 e. The van der Waals surface area contributed by atoms with Crippen molar-refractivity contribution in [2.75, 3.05) is 13.1 Å². The second-order valence-corrected chi connectivity index (χ2v) is 4.42. The zero-order valence-electron chi connectivity index (χ0n) is 9.92. The fourth-order valence-corrected chi connectivity index (χ4v) is 1.88. The molecule has 2 rings (SSSR count). The summed E-state index contributed by atoms with van der Waals surface area (Å²) in [5.74, 6) is -3.03. The van der Waals surface area contributed by atoms with Crippen LogP contribution in [0.15, 0.2) is 0 Å². The third kappa shape index (κ3) is 4.04. The van der Waals surface area contributed by atoms with Crippen molar-refractivity contribution in [2.45, 2.75) is 38.1 Å². The average Bonchev–Trinajstić information content (AvgIpc) is 2.67. The van der Waals surface area contributed by atoms with E-state index in [1.54, 1.807) is 0 Å². The zero-order chi connectivity index (χ0) is 12.9. The molecule has 2 fully saturated rings. The maximum Gasteiger partial charge on any atom is 4.00 e. The summed E-state index contributed by atoms with van der Waals surface area (Å²) in [6, 6.07) is 0.389. The van der Waals surface area contributed by atoms with E-state index in [4.69, 9.17) is 5.73 Å². The largest absolute Gasteiger partial charge is 4.00 e. The molecule has 18 heavy (non-hydrogen) atoms. The molecule has 1 saturated carbocycles. The predicted octanol–water partition coefficient (Wildman–Crippen LogP) is -0.771. The molecule has 0 spiro atoms. The van der Waals surface area contributed by atoms with E-state index in [0.29, 0.717) is 19.0 Å². The minimum absolute atomic E-state index is 0. The van der Waals surface area contributed by atoms with Crippen LogP contribution in [0.4, 0.5) is 0 Å². The van der Waals surface area contributed by atoms with Gasteiger partial charge in [-0.1, -0.05) is 19.3 Å². The summed E-state index contributed by atoms with van der Waals surface area (Å²) >= 11 is 0. The van der Waals surface area contributed by atoms with Crippen molar-refractivity contribution in [2.24, 2.45) is 5.41 Å². The van der Waals surface area contributed by atoms with Gasteiger partial charge in [0.25, 0.3) is 0 Å². The predicted molar refractivity (Wildman–Crippen MR) is 56.7 cm³/mol. The molecular weight excluding hydrogens is 419 g/mol. The average molecular weight is 435 g/mol. The number of carboxylic acid groups (broad SMARTS) is 2. The minimum Gasteiger partial charge on any atom is -0.679 e. The fourth-order valence-electron chi connectivity index (χ4n) is 1.88. The van der Waals surface area contributed by atoms with Gasteiger partial charge in [-0.3, -0.25) is 0 Å². The van der Waals surface area contributed by atoms with Crippen molar-refractivity contribution in [3.05, 3.63) is 11.1 Å². The van der Waals surface area contributed by atoms with Crippen molar-refractivity contribution in [1.82, 2.24) is 0 Å². The van der Waals surface area contributed by atoms with Crippen LogP contribution in [0.2, 0.25) is 0 Å². The molecule has 0 bridgehead atoms. The van der Waals surface area contributed by atoms with Crippen LogP contribution < -0.4 is 10.2 Å². The van der Waals surface area contributed by atoms with E-state index in [1.807, 2.05) is 0 Å². The van der Waals surface area contributed by atoms with E-state index in [1.165, 1.54) is 6.42 Å². The third-order valence-electron chi connectivity index (χ3n) is 3.31. The second kappa shape index (κ2) is 7.87. The van der Waals surface area contributed by atoms with E-state index in [0.717, 1.165) is 13.0 Å². The van der Waals surface area contributed by atoms with Gasteiger partial charge in [0.05, 0.1) is 11.9 Å². The number of hydrogen-bond donors (Lipinski definition) is 0. The van der Waals surface area contributed by atoms with Crippen molar-refractivity contribution >= 4 is 11.9 Å². The van der Waals surface area contributed by atoms with Crippen LogP contribution in [-0.2, 0) is 30.7 Å². The molecular formula is C11H16N2O4Pt. The summed E-state index contributed by atoms with van der Waals surface area (Å²) in [7, 11) is 0. The number of aliphatic carboxylic acids is 2. The molecule has 0 radical (unpaired) electrons. The molecule has 2 aliphatic rings. The Labute approximate surface area is 121 Å². The van der Waals surface area contributed by atoms with Gasteiger partial charge in [-0.25, -0.2) is 0 Å². The van der Waals surface area contributed by atoms with Gasteiger partial charge < -0.3 is 30.9 Å². The first-order chi connectivity index (χ1) is 8.03. The summed E-state index contributed by atoms with van der Waals surface area (Å²) in [5.41, 5.74) is 5.24. The number of hydrogen-bond acceptors (Lipinski definition) is 4. The molecule has 6 nitrogen and oxygen atoms in total. The summed E-state index contributed by atoms with van der Waals surface area (Å²) in [4.78, 5) is 20.4. The number of carbonyl (C=O) groups excluding carboxylic acids is 2. The summed E-state index contributed by atoms with van der Waals surface area (Å²) in [6.07, 6.45) is 3.30. The minimum atomic E-state index is -1.67. The Hall–Kier alpha value is -0.452. The Morgan fingerprint density at radius 2 is 1.78 bits per heavy atom. The number of nitrogens with one attached hydrogen (secondary N) is 1. The van der Waals surface area contributed by atoms with Gasteiger partial charge >= 0.3 is 21.1 Å². The third-order valence-corrected chi connectivity index (χ3v) is 3.31. The maximum atomic E-state index is 10.2. The molecule has 0 amide bonds. The molecule has 0 aromatic carbocycles. The Balaban J connectivity index is 0.000000321. The van der Waals surface area contributed by atoms with E-state index >= 15 is 0 Å². The molecule has 1 heterocycles. The van der Waals surface area contributed by atoms with Crippen LogP contribution in [0.1, 0.15) is 32.1 Å². The maximum absolute atomic E-state index is 10.2. The van der Waals surface area contributed by atoms with Gasteiger partial charge in [-0.15, -0.1) is 6.54 Å². The Kier molecular flexibility index (Phi) is 7.67. The van der Waals surface area contributed by atoms with Crippen molar-refractivity contribution in [3.63, 3.8) is 0 Å². The van der Waals surface area contributed by atoms with Crippen LogP contribution in [0, 0.1) is 5.41 Å². The topological polar surface area (TPSA) is 118 Å². The van der Waals surface area contributed by atoms with Crippen LogP contribution in [0.25, 0.3) is 11.1 Å². The molecule has 7 heteroatoms. The van der Waals surface area contributed by atoms with Gasteiger partial charge in [0.1, 0.15) is 0 Å². The fraction of sp³-hybridized carbons (Fsp3) is 0.818. The van der Waals surface area contributed by atoms with Gasteiger partial charge in [0.2, 0.25) is 0 Å². The molecule has 1 atom stereocenters. The molecule has 0 aromatic heterocycles. The number of carboxylic acids is 2. The molecule has 0 aromatic rings. The summed E-state index contributed by atoms with van der Waals surface area (Å²) < 4.78 is 0. The zero-order valence-corrected chi connectivity index (χ0v) is 12.2. The number of rotatable bonds is 3. The Morgan fingerprint density at radius 3 is 1.89 bits per heavy atom. The molecule has 1 aliphatic carbocycles. The first-order valence-corrected chi connectivity index (χ1v) is 5.77. The number of carbonyl (C=O) groups is 2. The van der Waals surface area contributed by atoms with E-state index in [2.05, 4.69) is 5.32 Å². The second-order valence-electron chi connectivity index (χ2n) is 4.42. The monoisotopic (exact) mass is 435 g/mol. The summed E-state index contributed by atoms with van der Waals surface area (Å²) in [5, 5.41) is 24.6. The SMILES string of the molecule is O=C([O-])C1(C(=O)[O-])CCC1.[NH-]CC1CCC[N-]1.[Pt+4]. The molecule has 1 saturated heterocycles. The van der Waals surface area contributed by atoms with E-state index in [9.17, 15) is 19.8 Å². The van der Waals surface area contributed by atoms with Gasteiger partial charge in [-0.05, 0) is 12.8 Å².